The highest BCUT2D eigenvalue weighted by atomic mass is 32.2. The number of rotatable bonds is 5. The third-order valence-corrected chi connectivity index (χ3v) is 9.99. The Kier molecular flexibility index (Phi) is 6.41. The molecule has 10 heteroatoms. The number of aromatic nitrogens is 5. The van der Waals surface area contributed by atoms with E-state index in [1.54, 1.807) is 73.0 Å². The molecule has 212 valence electrons. The highest BCUT2D eigenvalue weighted by Gasteiger charge is 2.30. The lowest BCUT2D eigenvalue weighted by Crippen LogP contribution is -2.24. The summed E-state index contributed by atoms with van der Waals surface area (Å²) < 4.78 is 34.5. The first-order chi connectivity index (χ1) is 19.5. The predicted octanol–water partition coefficient (Wildman–Crippen LogP) is 4.62. The first kappa shape index (κ1) is 27.0. The smallest absolute Gasteiger partial charge is 0.275 e. The molecule has 1 aliphatic carbocycles. The van der Waals surface area contributed by atoms with Crippen LogP contribution >= 0.6 is 0 Å². The number of hydrogen-bond donors (Lipinski definition) is 0. The molecule has 1 fully saturated rings. The van der Waals surface area contributed by atoms with Crippen LogP contribution in [0.1, 0.15) is 48.4 Å². The molecule has 6 rings (SSSR count). The van der Waals surface area contributed by atoms with Crippen molar-refractivity contribution in [2.24, 2.45) is 21.1 Å². The molecule has 0 unspecified atom stereocenters. The summed E-state index contributed by atoms with van der Waals surface area (Å²) in [5, 5.41) is 4.93. The molecule has 9 nitrogen and oxygen atoms in total. The van der Waals surface area contributed by atoms with Gasteiger partial charge in [-0.1, -0.05) is 30.5 Å². The van der Waals surface area contributed by atoms with E-state index in [-0.39, 0.29) is 21.9 Å². The second-order valence-corrected chi connectivity index (χ2v) is 13.0. The van der Waals surface area contributed by atoms with Crippen molar-refractivity contribution < 1.29 is 8.42 Å². The van der Waals surface area contributed by atoms with Gasteiger partial charge in [-0.3, -0.25) is 14.3 Å². The molecule has 0 bridgehead atoms. The van der Waals surface area contributed by atoms with Crippen molar-refractivity contribution in [2.45, 2.75) is 50.3 Å². The Balaban J connectivity index is 1.76. The maximum atomic E-state index is 14.4. The van der Waals surface area contributed by atoms with Crippen LogP contribution in [0.4, 0.5) is 0 Å². The summed E-state index contributed by atoms with van der Waals surface area (Å²) >= 11 is 0. The van der Waals surface area contributed by atoms with Crippen LogP contribution in [0.25, 0.3) is 33.4 Å². The van der Waals surface area contributed by atoms with E-state index in [2.05, 4.69) is 5.10 Å². The normalized spacial score (nSPS) is 14.4. The summed E-state index contributed by atoms with van der Waals surface area (Å²) in [4.78, 5) is 26.9. The minimum Gasteiger partial charge on any atom is -0.318 e. The molecule has 1 saturated carbocycles. The van der Waals surface area contributed by atoms with Crippen molar-refractivity contribution in [3.8, 4) is 22.5 Å². The van der Waals surface area contributed by atoms with Gasteiger partial charge in [0.15, 0.2) is 0 Å². The van der Waals surface area contributed by atoms with Crippen LogP contribution in [0.15, 0.2) is 69.3 Å². The van der Waals surface area contributed by atoms with Gasteiger partial charge in [0, 0.05) is 50.6 Å². The van der Waals surface area contributed by atoms with Crippen LogP contribution in [-0.4, -0.2) is 31.3 Å². The molecule has 4 heterocycles. The molecule has 4 aromatic heterocycles. The van der Waals surface area contributed by atoms with Crippen molar-refractivity contribution in [2.75, 3.05) is 0 Å². The number of fused-ring (bicyclic) bond motifs is 1. The van der Waals surface area contributed by atoms with Gasteiger partial charge in [0.1, 0.15) is 5.52 Å². The zero-order chi connectivity index (χ0) is 29.2. The second-order valence-electron chi connectivity index (χ2n) is 11.2. The van der Waals surface area contributed by atoms with E-state index in [1.165, 1.54) is 4.57 Å². The average molecular weight is 572 g/mol. The summed E-state index contributed by atoms with van der Waals surface area (Å²) in [6.07, 6.45) is 7.88. The summed E-state index contributed by atoms with van der Waals surface area (Å²) in [6, 6.07) is 11.8. The SMILES string of the molecule is Cc1ccc(S(=O)(=O)n2c(-c3cc(C)nn3C)cc3c(-c4cc(=O)n(C)cc4C4CCCC4)cn(C)c(=O)c32)cc1. The zero-order valence-electron chi connectivity index (χ0n) is 23.9. The van der Waals surface area contributed by atoms with E-state index in [4.69, 9.17) is 0 Å². The van der Waals surface area contributed by atoms with E-state index in [0.717, 1.165) is 52.0 Å². The first-order valence-corrected chi connectivity index (χ1v) is 15.2. The van der Waals surface area contributed by atoms with Crippen molar-refractivity contribution in [1.29, 1.82) is 0 Å². The topological polar surface area (TPSA) is 101 Å². The minimum absolute atomic E-state index is 0.0393. The monoisotopic (exact) mass is 571 g/mol. The lowest BCUT2D eigenvalue weighted by atomic mass is 9.90. The third kappa shape index (κ3) is 4.37. The largest absolute Gasteiger partial charge is 0.318 e. The van der Waals surface area contributed by atoms with Crippen LogP contribution in [0.2, 0.25) is 0 Å². The van der Waals surface area contributed by atoms with Gasteiger partial charge >= 0.3 is 0 Å². The lowest BCUT2D eigenvalue weighted by molar-refractivity contribution is 0.589. The predicted molar refractivity (Wildman–Crippen MR) is 160 cm³/mol. The molecule has 0 N–H and O–H groups in total. The Morgan fingerprint density at radius 2 is 1.51 bits per heavy atom. The molecule has 0 spiro atoms. The quantitative estimate of drug-likeness (QED) is 0.307. The molecular formula is C31H33N5O4S. The molecule has 1 aromatic carbocycles. The Labute approximate surface area is 238 Å². The Hall–Kier alpha value is -4.18. The molecule has 0 radical (unpaired) electrons. The van der Waals surface area contributed by atoms with E-state index in [1.807, 2.05) is 26.1 Å². The molecule has 41 heavy (non-hydrogen) atoms. The molecule has 0 aliphatic heterocycles. The Morgan fingerprint density at radius 3 is 2.15 bits per heavy atom. The summed E-state index contributed by atoms with van der Waals surface area (Å²) in [6.45, 7) is 3.72. The van der Waals surface area contributed by atoms with E-state index >= 15 is 0 Å². The number of pyridine rings is 2. The van der Waals surface area contributed by atoms with Crippen LogP contribution in [0.3, 0.4) is 0 Å². The van der Waals surface area contributed by atoms with Crippen LogP contribution < -0.4 is 11.1 Å². The second kappa shape index (κ2) is 9.73. The number of aryl methyl sites for hydroxylation is 5. The standard InChI is InChI=1S/C31H33N5O4S/c1-19-10-12-22(13-11-19)41(39,40)36-28(27-14-20(2)32-35(27)5)15-24-26(18-34(4)31(38)30(24)36)23-16-29(37)33(3)17-25(23)21-8-6-7-9-21/h10-18,21H,6-9H2,1-5H3. The van der Waals surface area contributed by atoms with Crippen LogP contribution in [0.5, 0.6) is 0 Å². The van der Waals surface area contributed by atoms with Crippen molar-refractivity contribution in [1.82, 2.24) is 22.9 Å². The summed E-state index contributed by atoms with van der Waals surface area (Å²) in [5.41, 5.74) is 4.38. The first-order valence-electron chi connectivity index (χ1n) is 13.8. The van der Waals surface area contributed by atoms with Gasteiger partial charge in [-0.25, -0.2) is 12.4 Å². The maximum Gasteiger partial charge on any atom is 0.275 e. The number of hydrogen-bond acceptors (Lipinski definition) is 5. The van der Waals surface area contributed by atoms with Gasteiger partial charge in [0.2, 0.25) is 0 Å². The van der Waals surface area contributed by atoms with Crippen molar-refractivity contribution >= 4 is 20.9 Å². The third-order valence-electron chi connectivity index (χ3n) is 8.26. The average Bonchev–Trinajstić information content (AvgIpc) is 3.67. The van der Waals surface area contributed by atoms with Gasteiger partial charge in [-0.15, -0.1) is 0 Å². The van der Waals surface area contributed by atoms with Gasteiger partial charge in [0.25, 0.3) is 21.1 Å². The zero-order valence-corrected chi connectivity index (χ0v) is 24.7. The number of benzene rings is 1. The van der Waals surface area contributed by atoms with E-state index in [9.17, 15) is 18.0 Å². The Bertz CT molecular complexity index is 2050. The fourth-order valence-electron chi connectivity index (χ4n) is 6.14. The van der Waals surface area contributed by atoms with Gasteiger partial charge < -0.3 is 9.13 Å². The summed E-state index contributed by atoms with van der Waals surface area (Å²) in [7, 11) is 0.904. The van der Waals surface area contributed by atoms with Crippen LogP contribution in [0, 0.1) is 13.8 Å². The molecule has 0 amide bonds. The van der Waals surface area contributed by atoms with Gasteiger partial charge in [-0.05, 0) is 68.0 Å². The van der Waals surface area contributed by atoms with Crippen LogP contribution in [-0.2, 0) is 31.2 Å². The fraction of sp³-hybridized carbons (Fsp3) is 0.323. The molecular weight excluding hydrogens is 538 g/mol. The molecule has 0 saturated heterocycles. The Morgan fingerprint density at radius 1 is 0.829 bits per heavy atom. The van der Waals surface area contributed by atoms with Crippen molar-refractivity contribution in [3.05, 3.63) is 92.4 Å². The van der Waals surface area contributed by atoms with Gasteiger partial charge in [0.05, 0.1) is 22.0 Å². The molecule has 5 aromatic rings. The lowest BCUT2D eigenvalue weighted by Gasteiger charge is -2.18. The minimum atomic E-state index is -4.21. The fourth-order valence-corrected chi connectivity index (χ4v) is 7.66. The number of nitrogens with zero attached hydrogens (tertiary/aromatic N) is 5. The summed E-state index contributed by atoms with van der Waals surface area (Å²) in [5.74, 6) is 0.279. The van der Waals surface area contributed by atoms with E-state index in [0.29, 0.717) is 22.3 Å². The maximum absolute atomic E-state index is 14.4. The highest BCUT2D eigenvalue weighted by molar-refractivity contribution is 7.90. The molecule has 1 aliphatic rings. The van der Waals surface area contributed by atoms with Crippen molar-refractivity contribution in [3.63, 3.8) is 0 Å². The van der Waals surface area contributed by atoms with E-state index < -0.39 is 15.6 Å². The van der Waals surface area contributed by atoms with Gasteiger partial charge in [-0.2, -0.15) is 5.10 Å². The molecule has 0 atom stereocenters. The highest BCUT2D eigenvalue weighted by Crippen LogP contribution is 2.42.